The molecule has 1 N–H and O–H groups in total. The Labute approximate surface area is 120 Å². The number of aromatic nitrogens is 5. The van der Waals surface area contributed by atoms with Crippen molar-refractivity contribution in [1.82, 2.24) is 24.3 Å². The van der Waals surface area contributed by atoms with Gasteiger partial charge in [0.25, 0.3) is 0 Å². The molecule has 1 saturated heterocycles. The molecule has 1 atom stereocenters. The van der Waals surface area contributed by atoms with Crippen molar-refractivity contribution >= 4 is 11.5 Å². The lowest BCUT2D eigenvalue weighted by molar-refractivity contribution is 0.198. The van der Waals surface area contributed by atoms with E-state index in [1.54, 1.807) is 24.8 Å². The summed E-state index contributed by atoms with van der Waals surface area (Å²) in [5, 5.41) is 9.70. The second-order valence-corrected chi connectivity index (χ2v) is 5.10. The minimum Gasteiger partial charge on any atom is -0.391 e. The van der Waals surface area contributed by atoms with E-state index in [2.05, 4.69) is 24.8 Å². The summed E-state index contributed by atoms with van der Waals surface area (Å²) in [6.07, 6.45) is 10.9. The standard InChI is InChI=1S/C14H14N6O/c21-11-1-3-19(8-11)13-14-18-7-12(20(14)4-2-17-13)10-5-15-9-16-6-10/h2,4-7,9,11,21H,1,3,8H2. The molecule has 7 heteroatoms. The zero-order valence-electron chi connectivity index (χ0n) is 11.3. The summed E-state index contributed by atoms with van der Waals surface area (Å²) in [6.45, 7) is 1.40. The first-order valence-corrected chi connectivity index (χ1v) is 6.83. The number of hydrogen-bond acceptors (Lipinski definition) is 6. The highest BCUT2D eigenvalue weighted by molar-refractivity contribution is 5.70. The van der Waals surface area contributed by atoms with Gasteiger partial charge < -0.3 is 10.0 Å². The minimum absolute atomic E-state index is 0.288. The SMILES string of the molecule is OC1CCN(c2nccn3c(-c4cncnc4)cnc23)C1. The maximum Gasteiger partial charge on any atom is 0.180 e. The van der Waals surface area contributed by atoms with Crippen LogP contribution in [0.25, 0.3) is 16.9 Å². The maximum absolute atomic E-state index is 9.70. The van der Waals surface area contributed by atoms with Gasteiger partial charge in [0.15, 0.2) is 11.5 Å². The van der Waals surface area contributed by atoms with Gasteiger partial charge in [0.2, 0.25) is 0 Å². The van der Waals surface area contributed by atoms with E-state index in [-0.39, 0.29) is 6.10 Å². The number of aliphatic hydroxyl groups excluding tert-OH is 1. The molecule has 0 amide bonds. The highest BCUT2D eigenvalue weighted by Crippen LogP contribution is 2.26. The Bertz CT molecular complexity index is 771. The molecule has 1 fully saturated rings. The van der Waals surface area contributed by atoms with Crippen LogP contribution in [0, 0.1) is 0 Å². The van der Waals surface area contributed by atoms with Crippen LogP contribution >= 0.6 is 0 Å². The summed E-state index contributed by atoms with van der Waals surface area (Å²) in [5.41, 5.74) is 2.61. The summed E-state index contributed by atoms with van der Waals surface area (Å²) >= 11 is 0. The largest absolute Gasteiger partial charge is 0.391 e. The number of hydrogen-bond donors (Lipinski definition) is 1. The highest BCUT2D eigenvalue weighted by Gasteiger charge is 2.24. The summed E-state index contributed by atoms with van der Waals surface area (Å²) < 4.78 is 1.98. The van der Waals surface area contributed by atoms with E-state index in [1.807, 2.05) is 10.6 Å². The molecule has 1 aliphatic rings. The van der Waals surface area contributed by atoms with E-state index in [4.69, 9.17) is 0 Å². The first kappa shape index (κ1) is 12.2. The second kappa shape index (κ2) is 4.78. The number of fused-ring (bicyclic) bond motifs is 1. The van der Waals surface area contributed by atoms with Crippen molar-refractivity contribution in [2.24, 2.45) is 0 Å². The third-order valence-electron chi connectivity index (χ3n) is 3.73. The molecule has 0 aliphatic carbocycles. The van der Waals surface area contributed by atoms with E-state index >= 15 is 0 Å². The van der Waals surface area contributed by atoms with Crippen LogP contribution in [-0.4, -0.2) is 48.6 Å². The van der Waals surface area contributed by atoms with Crippen LogP contribution in [0.4, 0.5) is 5.82 Å². The Morgan fingerprint density at radius 1 is 1.14 bits per heavy atom. The van der Waals surface area contributed by atoms with Crippen molar-refractivity contribution < 1.29 is 5.11 Å². The van der Waals surface area contributed by atoms with Gasteiger partial charge in [0.05, 0.1) is 18.0 Å². The zero-order chi connectivity index (χ0) is 14.2. The summed E-state index contributed by atoms with van der Waals surface area (Å²) in [6, 6.07) is 0. The molecule has 0 aromatic carbocycles. The molecule has 0 saturated carbocycles. The molecule has 0 bridgehead atoms. The third kappa shape index (κ3) is 2.02. The first-order chi connectivity index (χ1) is 10.3. The molecule has 0 spiro atoms. The van der Waals surface area contributed by atoms with Crippen LogP contribution in [0.5, 0.6) is 0 Å². The highest BCUT2D eigenvalue weighted by atomic mass is 16.3. The lowest BCUT2D eigenvalue weighted by atomic mass is 10.3. The molecular weight excluding hydrogens is 268 g/mol. The van der Waals surface area contributed by atoms with Crippen molar-refractivity contribution in [2.45, 2.75) is 12.5 Å². The predicted octanol–water partition coefficient (Wildman–Crippen LogP) is 0.757. The second-order valence-electron chi connectivity index (χ2n) is 5.10. The molecule has 3 aromatic rings. The Morgan fingerprint density at radius 2 is 2.00 bits per heavy atom. The molecule has 3 aromatic heterocycles. The average molecular weight is 282 g/mol. The smallest absolute Gasteiger partial charge is 0.180 e. The number of imidazole rings is 1. The van der Waals surface area contributed by atoms with Gasteiger partial charge in [-0.05, 0) is 6.42 Å². The average Bonchev–Trinajstić information content (AvgIpc) is 3.14. The third-order valence-corrected chi connectivity index (χ3v) is 3.73. The molecule has 4 heterocycles. The van der Waals surface area contributed by atoms with Gasteiger partial charge in [0.1, 0.15) is 6.33 Å². The van der Waals surface area contributed by atoms with Gasteiger partial charge in [-0.25, -0.2) is 19.9 Å². The normalized spacial score (nSPS) is 18.5. The van der Waals surface area contributed by atoms with Crippen LogP contribution in [-0.2, 0) is 0 Å². The van der Waals surface area contributed by atoms with E-state index in [9.17, 15) is 5.11 Å². The number of anilines is 1. The Kier molecular flexibility index (Phi) is 2.78. The van der Waals surface area contributed by atoms with Gasteiger partial charge in [-0.2, -0.15) is 0 Å². The summed E-state index contributed by atoms with van der Waals surface area (Å²) in [5.74, 6) is 0.803. The van der Waals surface area contributed by atoms with Gasteiger partial charge in [-0.15, -0.1) is 0 Å². The van der Waals surface area contributed by atoms with E-state index in [0.29, 0.717) is 6.54 Å². The first-order valence-electron chi connectivity index (χ1n) is 6.83. The van der Waals surface area contributed by atoms with E-state index in [0.717, 1.165) is 35.7 Å². The van der Waals surface area contributed by atoms with Gasteiger partial charge in [-0.3, -0.25) is 4.40 Å². The fraction of sp³-hybridized carbons (Fsp3) is 0.286. The molecule has 106 valence electrons. The number of rotatable bonds is 2. The van der Waals surface area contributed by atoms with Crippen molar-refractivity contribution in [3.8, 4) is 11.3 Å². The molecule has 1 aliphatic heterocycles. The van der Waals surface area contributed by atoms with Crippen LogP contribution in [0.15, 0.2) is 37.3 Å². The zero-order valence-corrected chi connectivity index (χ0v) is 11.3. The molecule has 7 nitrogen and oxygen atoms in total. The van der Waals surface area contributed by atoms with Gasteiger partial charge in [0, 0.05) is 43.4 Å². The molecule has 0 radical (unpaired) electrons. The van der Waals surface area contributed by atoms with Crippen molar-refractivity contribution in [3.05, 3.63) is 37.3 Å². The lowest BCUT2D eigenvalue weighted by Gasteiger charge is -2.17. The van der Waals surface area contributed by atoms with Crippen molar-refractivity contribution in [1.29, 1.82) is 0 Å². The molecule has 4 rings (SSSR count). The van der Waals surface area contributed by atoms with Gasteiger partial charge in [-0.1, -0.05) is 0 Å². The Balaban J connectivity index is 1.83. The minimum atomic E-state index is -0.288. The number of nitrogens with zero attached hydrogens (tertiary/aromatic N) is 6. The Morgan fingerprint density at radius 3 is 2.76 bits per heavy atom. The lowest BCUT2D eigenvalue weighted by Crippen LogP contribution is -2.23. The molecule has 21 heavy (non-hydrogen) atoms. The fourth-order valence-electron chi connectivity index (χ4n) is 2.71. The topological polar surface area (TPSA) is 79.4 Å². The van der Waals surface area contributed by atoms with Crippen LogP contribution in [0.1, 0.15) is 6.42 Å². The Hall–Kier alpha value is -2.54. The quantitative estimate of drug-likeness (QED) is 0.747. The monoisotopic (exact) mass is 282 g/mol. The summed E-state index contributed by atoms with van der Waals surface area (Å²) in [4.78, 5) is 19.1. The fourth-order valence-corrected chi connectivity index (χ4v) is 2.71. The predicted molar refractivity (Wildman–Crippen MR) is 76.8 cm³/mol. The van der Waals surface area contributed by atoms with Gasteiger partial charge >= 0.3 is 0 Å². The van der Waals surface area contributed by atoms with E-state index < -0.39 is 0 Å². The molecular formula is C14H14N6O. The van der Waals surface area contributed by atoms with Crippen molar-refractivity contribution in [3.63, 3.8) is 0 Å². The van der Waals surface area contributed by atoms with Crippen LogP contribution in [0.3, 0.4) is 0 Å². The van der Waals surface area contributed by atoms with Crippen molar-refractivity contribution in [2.75, 3.05) is 18.0 Å². The summed E-state index contributed by atoms with van der Waals surface area (Å²) in [7, 11) is 0. The maximum atomic E-state index is 9.70. The van der Waals surface area contributed by atoms with Crippen LogP contribution in [0.2, 0.25) is 0 Å². The van der Waals surface area contributed by atoms with E-state index in [1.165, 1.54) is 6.33 Å². The number of aliphatic hydroxyl groups is 1. The molecule has 1 unspecified atom stereocenters. The number of β-amino-alcohol motifs (C(OH)–C–C–N with tert-alkyl or cyclic N) is 1. The van der Waals surface area contributed by atoms with Crippen LogP contribution < -0.4 is 4.90 Å².